The van der Waals surface area contributed by atoms with E-state index in [1.54, 1.807) is 12.1 Å². The number of esters is 1. The van der Waals surface area contributed by atoms with Crippen molar-refractivity contribution >= 4 is 17.3 Å². The van der Waals surface area contributed by atoms with Crippen LogP contribution in [0.25, 0.3) is 0 Å². The number of nitrogens with two attached hydrogens (primary N) is 1. The fourth-order valence-electron chi connectivity index (χ4n) is 2.53. The summed E-state index contributed by atoms with van der Waals surface area (Å²) in [6, 6.07) is 5.18. The Morgan fingerprint density at radius 1 is 1.53 bits per heavy atom. The molecule has 5 nitrogen and oxygen atoms in total. The van der Waals surface area contributed by atoms with Crippen LogP contribution in [0.3, 0.4) is 0 Å². The van der Waals surface area contributed by atoms with Crippen molar-refractivity contribution in [2.24, 2.45) is 0 Å². The van der Waals surface area contributed by atoms with Gasteiger partial charge in [-0.15, -0.1) is 0 Å². The maximum absolute atomic E-state index is 11.8. The molecule has 1 fully saturated rings. The molecule has 104 valence electrons. The monoisotopic (exact) mass is 264 g/mol. The molecule has 0 amide bonds. The van der Waals surface area contributed by atoms with Crippen LogP contribution in [-0.4, -0.2) is 36.9 Å². The Bertz CT molecular complexity index is 486. The number of carbonyl (C=O) groups excluding carboxylic acids is 1. The molecule has 1 aliphatic heterocycles. The molecule has 1 aliphatic rings. The summed E-state index contributed by atoms with van der Waals surface area (Å²) >= 11 is 0. The fourth-order valence-corrected chi connectivity index (χ4v) is 2.53. The first-order valence-corrected chi connectivity index (χ1v) is 6.38. The van der Waals surface area contributed by atoms with Gasteiger partial charge in [-0.1, -0.05) is 0 Å². The Labute approximate surface area is 113 Å². The van der Waals surface area contributed by atoms with Gasteiger partial charge in [0.25, 0.3) is 0 Å². The molecular weight excluding hydrogens is 244 g/mol. The first kappa shape index (κ1) is 13.7. The van der Waals surface area contributed by atoms with Gasteiger partial charge in [-0.3, -0.25) is 0 Å². The third-order valence-electron chi connectivity index (χ3n) is 3.44. The molecular formula is C14H20N2O3. The molecule has 1 aromatic rings. The lowest BCUT2D eigenvalue weighted by Gasteiger charge is -2.38. The number of piperidine rings is 1. The van der Waals surface area contributed by atoms with E-state index >= 15 is 0 Å². The highest BCUT2D eigenvalue weighted by Crippen LogP contribution is 2.29. The lowest BCUT2D eigenvalue weighted by Crippen LogP contribution is -2.46. The van der Waals surface area contributed by atoms with Crippen molar-refractivity contribution in [1.82, 2.24) is 0 Å². The number of anilines is 2. The zero-order chi connectivity index (χ0) is 14.0. The highest BCUT2D eigenvalue weighted by molar-refractivity contribution is 5.97. The molecule has 19 heavy (non-hydrogen) atoms. The van der Waals surface area contributed by atoms with E-state index in [1.165, 1.54) is 7.11 Å². The van der Waals surface area contributed by atoms with Gasteiger partial charge in [-0.25, -0.2) is 4.79 Å². The van der Waals surface area contributed by atoms with Gasteiger partial charge in [0.05, 0.1) is 24.0 Å². The van der Waals surface area contributed by atoms with Crippen molar-refractivity contribution in [2.45, 2.75) is 25.4 Å². The Morgan fingerprint density at radius 2 is 2.26 bits per heavy atom. The van der Waals surface area contributed by atoms with Crippen molar-refractivity contribution in [1.29, 1.82) is 0 Å². The number of nitrogen functional groups attached to an aromatic ring is 1. The molecule has 0 aliphatic carbocycles. The van der Waals surface area contributed by atoms with Crippen LogP contribution < -0.4 is 10.6 Å². The van der Waals surface area contributed by atoms with E-state index in [9.17, 15) is 9.90 Å². The number of aliphatic hydroxyl groups is 1. The Kier molecular flexibility index (Phi) is 3.66. The van der Waals surface area contributed by atoms with Crippen LogP contribution in [0.4, 0.5) is 11.4 Å². The number of hydrogen-bond acceptors (Lipinski definition) is 5. The minimum atomic E-state index is -0.729. The third-order valence-corrected chi connectivity index (χ3v) is 3.44. The second-order valence-corrected chi connectivity index (χ2v) is 5.29. The van der Waals surface area contributed by atoms with Gasteiger partial charge in [-0.05, 0) is 38.0 Å². The zero-order valence-electron chi connectivity index (χ0n) is 11.3. The topological polar surface area (TPSA) is 75.8 Å². The summed E-state index contributed by atoms with van der Waals surface area (Å²) in [5.74, 6) is -0.410. The molecule has 0 spiro atoms. The summed E-state index contributed by atoms with van der Waals surface area (Å²) in [6.07, 6.45) is 1.66. The standard InChI is InChI=1S/C14H20N2O3/c1-14(18)6-3-7-16(9-14)12-5-4-10(15)8-11(12)13(17)19-2/h4-5,8,18H,3,6-7,9,15H2,1-2H3. The van der Waals surface area contributed by atoms with Gasteiger partial charge in [0.15, 0.2) is 0 Å². The number of methoxy groups -OCH3 is 1. The minimum Gasteiger partial charge on any atom is -0.465 e. The van der Waals surface area contributed by atoms with Crippen molar-refractivity contribution in [3.63, 3.8) is 0 Å². The average molecular weight is 264 g/mol. The smallest absolute Gasteiger partial charge is 0.340 e. The van der Waals surface area contributed by atoms with Crippen LogP contribution in [0.1, 0.15) is 30.1 Å². The Balaban J connectivity index is 2.36. The van der Waals surface area contributed by atoms with Gasteiger partial charge >= 0.3 is 5.97 Å². The van der Waals surface area contributed by atoms with Gasteiger partial charge < -0.3 is 20.5 Å². The largest absolute Gasteiger partial charge is 0.465 e. The molecule has 3 N–H and O–H groups in total. The van der Waals surface area contributed by atoms with Crippen molar-refractivity contribution in [3.05, 3.63) is 23.8 Å². The number of rotatable bonds is 2. The molecule has 0 aromatic heterocycles. The number of ether oxygens (including phenoxy) is 1. The summed E-state index contributed by atoms with van der Waals surface area (Å²) in [6.45, 7) is 3.12. The molecule has 1 unspecified atom stereocenters. The van der Waals surface area contributed by atoms with Crippen molar-refractivity contribution in [2.75, 3.05) is 30.8 Å². The van der Waals surface area contributed by atoms with E-state index in [4.69, 9.17) is 10.5 Å². The maximum atomic E-state index is 11.8. The Morgan fingerprint density at radius 3 is 2.89 bits per heavy atom. The normalized spacial score (nSPS) is 23.2. The number of carbonyl (C=O) groups is 1. The van der Waals surface area contributed by atoms with Gasteiger partial charge in [0, 0.05) is 18.8 Å². The highest BCUT2D eigenvalue weighted by atomic mass is 16.5. The molecule has 0 radical (unpaired) electrons. The van der Waals surface area contributed by atoms with Crippen LogP contribution in [-0.2, 0) is 4.74 Å². The molecule has 1 heterocycles. The van der Waals surface area contributed by atoms with Crippen LogP contribution in [0.5, 0.6) is 0 Å². The van der Waals surface area contributed by atoms with Crippen LogP contribution in [0.2, 0.25) is 0 Å². The SMILES string of the molecule is COC(=O)c1cc(N)ccc1N1CCCC(C)(O)C1. The average Bonchev–Trinajstić information content (AvgIpc) is 2.36. The van der Waals surface area contributed by atoms with Crippen molar-refractivity contribution in [3.8, 4) is 0 Å². The highest BCUT2D eigenvalue weighted by Gasteiger charge is 2.30. The summed E-state index contributed by atoms with van der Waals surface area (Å²) in [7, 11) is 1.35. The minimum absolute atomic E-state index is 0.410. The summed E-state index contributed by atoms with van der Waals surface area (Å²) in [4.78, 5) is 13.8. The predicted molar refractivity (Wildman–Crippen MR) is 74.3 cm³/mol. The van der Waals surface area contributed by atoms with E-state index < -0.39 is 11.6 Å². The summed E-state index contributed by atoms with van der Waals surface area (Å²) in [5.41, 5.74) is 6.73. The zero-order valence-corrected chi connectivity index (χ0v) is 11.3. The fraction of sp³-hybridized carbons (Fsp3) is 0.500. The van der Waals surface area contributed by atoms with Crippen LogP contribution >= 0.6 is 0 Å². The number of nitrogens with zero attached hydrogens (tertiary/aromatic N) is 1. The third kappa shape index (κ3) is 2.98. The molecule has 0 saturated carbocycles. The van der Waals surface area contributed by atoms with E-state index in [-0.39, 0.29) is 0 Å². The van der Waals surface area contributed by atoms with E-state index in [0.29, 0.717) is 17.8 Å². The molecule has 5 heteroatoms. The maximum Gasteiger partial charge on any atom is 0.340 e. The molecule has 1 aromatic carbocycles. The number of β-amino-alcohol motifs (C(OH)–C–C–N with tert-alkyl or cyclic N) is 1. The van der Waals surface area contributed by atoms with Crippen LogP contribution in [0, 0.1) is 0 Å². The van der Waals surface area contributed by atoms with Crippen molar-refractivity contribution < 1.29 is 14.6 Å². The van der Waals surface area contributed by atoms with Gasteiger partial charge in [0.1, 0.15) is 0 Å². The van der Waals surface area contributed by atoms with Crippen LogP contribution in [0.15, 0.2) is 18.2 Å². The number of hydrogen-bond donors (Lipinski definition) is 2. The van der Waals surface area contributed by atoms with Gasteiger partial charge in [-0.2, -0.15) is 0 Å². The number of benzene rings is 1. The van der Waals surface area contributed by atoms with E-state index in [2.05, 4.69) is 0 Å². The Hall–Kier alpha value is -1.75. The first-order valence-electron chi connectivity index (χ1n) is 6.38. The molecule has 1 atom stereocenters. The second-order valence-electron chi connectivity index (χ2n) is 5.29. The summed E-state index contributed by atoms with van der Waals surface area (Å²) in [5, 5.41) is 10.2. The van der Waals surface area contributed by atoms with E-state index in [1.807, 2.05) is 17.9 Å². The second kappa shape index (κ2) is 5.09. The molecule has 2 rings (SSSR count). The van der Waals surface area contributed by atoms with E-state index in [0.717, 1.165) is 25.1 Å². The van der Waals surface area contributed by atoms with Gasteiger partial charge in [0.2, 0.25) is 0 Å². The lowest BCUT2D eigenvalue weighted by molar-refractivity contribution is 0.0444. The molecule has 1 saturated heterocycles. The quantitative estimate of drug-likeness (QED) is 0.624. The lowest BCUT2D eigenvalue weighted by atomic mass is 9.94. The first-order chi connectivity index (χ1) is 8.93. The predicted octanol–water partition coefficient (Wildman–Crippen LogP) is 1.41. The molecule has 0 bridgehead atoms. The summed E-state index contributed by atoms with van der Waals surface area (Å²) < 4.78 is 4.79.